The second kappa shape index (κ2) is 4.12. The van der Waals surface area contributed by atoms with Crippen LogP contribution in [0.15, 0.2) is 24.3 Å². The van der Waals surface area contributed by atoms with Gasteiger partial charge >= 0.3 is 0 Å². The minimum Gasteiger partial charge on any atom is -0.395 e. The predicted octanol–water partition coefficient (Wildman–Crippen LogP) is 1.91. The summed E-state index contributed by atoms with van der Waals surface area (Å²) in [6.07, 6.45) is 0.976. The molecule has 15 heavy (non-hydrogen) atoms. The van der Waals surface area contributed by atoms with E-state index in [1.807, 2.05) is 24.3 Å². The van der Waals surface area contributed by atoms with E-state index >= 15 is 0 Å². The monoisotopic (exact) mass is 225 g/mol. The van der Waals surface area contributed by atoms with Crippen molar-refractivity contribution in [2.75, 3.05) is 26.7 Å². The normalized spacial score (nSPS) is 27.1. The number of benzene rings is 1. The van der Waals surface area contributed by atoms with Crippen molar-refractivity contribution < 1.29 is 5.11 Å². The smallest absolute Gasteiger partial charge is 0.0541 e. The standard InChI is InChI=1S/C12H16ClNO/c1-14-7-6-12(8-14,9-15)10-4-2-3-5-11(10)13/h2-5,15H,6-9H2,1H3. The first-order chi connectivity index (χ1) is 7.18. The number of hydrogen-bond donors (Lipinski definition) is 1. The van der Waals surface area contributed by atoms with Gasteiger partial charge in [-0.1, -0.05) is 29.8 Å². The van der Waals surface area contributed by atoms with Crippen LogP contribution < -0.4 is 0 Å². The van der Waals surface area contributed by atoms with Gasteiger partial charge in [0.25, 0.3) is 0 Å². The van der Waals surface area contributed by atoms with Crippen LogP contribution in [0.2, 0.25) is 5.02 Å². The highest BCUT2D eigenvalue weighted by atomic mass is 35.5. The zero-order chi connectivity index (χ0) is 10.9. The molecule has 1 N–H and O–H groups in total. The summed E-state index contributed by atoms with van der Waals surface area (Å²) in [6, 6.07) is 7.83. The second-order valence-electron chi connectivity index (χ2n) is 4.41. The summed E-state index contributed by atoms with van der Waals surface area (Å²) >= 11 is 6.19. The molecule has 82 valence electrons. The van der Waals surface area contributed by atoms with E-state index in [4.69, 9.17) is 11.6 Å². The number of halogens is 1. The molecule has 1 fully saturated rings. The first kappa shape index (κ1) is 10.9. The molecule has 1 saturated heterocycles. The summed E-state index contributed by atoms with van der Waals surface area (Å²) in [5.74, 6) is 0. The number of aliphatic hydroxyl groups is 1. The number of rotatable bonds is 2. The molecular formula is C12H16ClNO. The Morgan fingerprint density at radius 2 is 2.20 bits per heavy atom. The van der Waals surface area contributed by atoms with E-state index in [0.717, 1.165) is 30.1 Å². The quantitative estimate of drug-likeness (QED) is 0.831. The molecule has 1 heterocycles. The van der Waals surface area contributed by atoms with E-state index in [1.165, 1.54) is 0 Å². The minimum atomic E-state index is -0.160. The van der Waals surface area contributed by atoms with E-state index in [-0.39, 0.29) is 12.0 Å². The molecule has 0 saturated carbocycles. The molecular weight excluding hydrogens is 210 g/mol. The first-order valence-electron chi connectivity index (χ1n) is 5.22. The largest absolute Gasteiger partial charge is 0.395 e. The number of nitrogens with zero attached hydrogens (tertiary/aromatic N) is 1. The molecule has 1 atom stereocenters. The summed E-state index contributed by atoms with van der Waals surface area (Å²) in [7, 11) is 2.08. The van der Waals surface area contributed by atoms with Crippen molar-refractivity contribution >= 4 is 11.6 Å². The van der Waals surface area contributed by atoms with Gasteiger partial charge in [-0.05, 0) is 31.6 Å². The summed E-state index contributed by atoms with van der Waals surface area (Å²) in [4.78, 5) is 2.24. The molecule has 0 bridgehead atoms. The molecule has 0 spiro atoms. The average Bonchev–Trinajstić information content (AvgIpc) is 2.62. The van der Waals surface area contributed by atoms with Gasteiger partial charge in [0, 0.05) is 17.0 Å². The first-order valence-corrected chi connectivity index (χ1v) is 5.60. The average molecular weight is 226 g/mol. The van der Waals surface area contributed by atoms with Crippen molar-refractivity contribution in [3.63, 3.8) is 0 Å². The van der Waals surface area contributed by atoms with Gasteiger partial charge in [0.05, 0.1) is 6.61 Å². The third-order valence-electron chi connectivity index (χ3n) is 3.29. The lowest BCUT2D eigenvalue weighted by atomic mass is 9.80. The van der Waals surface area contributed by atoms with E-state index in [2.05, 4.69) is 11.9 Å². The third-order valence-corrected chi connectivity index (χ3v) is 3.62. The maximum Gasteiger partial charge on any atom is 0.0541 e. The van der Waals surface area contributed by atoms with Gasteiger partial charge < -0.3 is 10.0 Å². The van der Waals surface area contributed by atoms with Gasteiger partial charge in [-0.2, -0.15) is 0 Å². The Labute approximate surface area is 95.5 Å². The lowest BCUT2D eigenvalue weighted by Gasteiger charge is -2.28. The van der Waals surface area contributed by atoms with Gasteiger partial charge in [-0.25, -0.2) is 0 Å². The van der Waals surface area contributed by atoms with E-state index in [0.29, 0.717) is 0 Å². The van der Waals surface area contributed by atoms with Gasteiger partial charge in [0.15, 0.2) is 0 Å². The van der Waals surface area contributed by atoms with Gasteiger partial charge in [0.2, 0.25) is 0 Å². The molecule has 1 unspecified atom stereocenters. The van der Waals surface area contributed by atoms with Crippen molar-refractivity contribution in [1.29, 1.82) is 0 Å². The van der Waals surface area contributed by atoms with Crippen LogP contribution in [0.1, 0.15) is 12.0 Å². The highest BCUT2D eigenvalue weighted by Crippen LogP contribution is 2.37. The molecule has 0 aromatic heterocycles. The van der Waals surface area contributed by atoms with Crippen LogP contribution in [0.3, 0.4) is 0 Å². The third kappa shape index (κ3) is 1.89. The van der Waals surface area contributed by atoms with Crippen LogP contribution >= 0.6 is 11.6 Å². The fraction of sp³-hybridized carbons (Fsp3) is 0.500. The Bertz CT molecular complexity index is 355. The number of hydrogen-bond acceptors (Lipinski definition) is 2. The molecule has 2 nitrogen and oxygen atoms in total. The number of likely N-dealkylation sites (tertiary alicyclic amines) is 1. The number of aliphatic hydroxyl groups excluding tert-OH is 1. The maximum absolute atomic E-state index is 9.63. The van der Waals surface area contributed by atoms with E-state index in [1.54, 1.807) is 0 Å². The van der Waals surface area contributed by atoms with Crippen molar-refractivity contribution in [2.45, 2.75) is 11.8 Å². The highest BCUT2D eigenvalue weighted by molar-refractivity contribution is 6.31. The zero-order valence-electron chi connectivity index (χ0n) is 8.91. The highest BCUT2D eigenvalue weighted by Gasteiger charge is 2.38. The Morgan fingerprint density at radius 1 is 1.47 bits per heavy atom. The molecule has 0 radical (unpaired) electrons. The molecule has 3 heteroatoms. The van der Waals surface area contributed by atoms with Crippen LogP contribution in [0.4, 0.5) is 0 Å². The Hall–Kier alpha value is -0.570. The van der Waals surface area contributed by atoms with Crippen LogP contribution in [-0.2, 0) is 5.41 Å². The van der Waals surface area contributed by atoms with Gasteiger partial charge in [-0.3, -0.25) is 0 Å². The molecule has 1 aromatic carbocycles. The summed E-state index contributed by atoms with van der Waals surface area (Å²) < 4.78 is 0. The topological polar surface area (TPSA) is 23.5 Å². The van der Waals surface area contributed by atoms with Crippen molar-refractivity contribution in [2.24, 2.45) is 0 Å². The predicted molar refractivity (Wildman–Crippen MR) is 62.3 cm³/mol. The van der Waals surface area contributed by atoms with Crippen molar-refractivity contribution in [3.05, 3.63) is 34.9 Å². The van der Waals surface area contributed by atoms with E-state index in [9.17, 15) is 5.11 Å². The molecule has 2 rings (SSSR count). The molecule has 1 aromatic rings. The lowest BCUT2D eigenvalue weighted by Crippen LogP contribution is -2.33. The minimum absolute atomic E-state index is 0.160. The fourth-order valence-electron chi connectivity index (χ4n) is 2.41. The fourth-order valence-corrected chi connectivity index (χ4v) is 2.74. The molecule has 1 aliphatic heterocycles. The van der Waals surface area contributed by atoms with E-state index < -0.39 is 0 Å². The van der Waals surface area contributed by atoms with Crippen LogP contribution in [-0.4, -0.2) is 36.8 Å². The zero-order valence-corrected chi connectivity index (χ0v) is 9.67. The Kier molecular flexibility index (Phi) is 3.01. The summed E-state index contributed by atoms with van der Waals surface area (Å²) in [6.45, 7) is 2.07. The lowest BCUT2D eigenvalue weighted by molar-refractivity contribution is 0.195. The molecule has 0 amide bonds. The van der Waals surface area contributed by atoms with Crippen LogP contribution in [0.25, 0.3) is 0 Å². The van der Waals surface area contributed by atoms with Crippen molar-refractivity contribution in [3.8, 4) is 0 Å². The second-order valence-corrected chi connectivity index (χ2v) is 4.81. The SMILES string of the molecule is CN1CCC(CO)(c2ccccc2Cl)C1. The van der Waals surface area contributed by atoms with Crippen LogP contribution in [0.5, 0.6) is 0 Å². The van der Waals surface area contributed by atoms with Gasteiger partial charge in [0.1, 0.15) is 0 Å². The Balaban J connectivity index is 2.39. The number of likely N-dealkylation sites (N-methyl/N-ethyl adjacent to an activating group) is 1. The maximum atomic E-state index is 9.63. The molecule has 0 aliphatic carbocycles. The summed E-state index contributed by atoms with van der Waals surface area (Å²) in [5.41, 5.74) is 0.922. The van der Waals surface area contributed by atoms with Crippen molar-refractivity contribution in [1.82, 2.24) is 4.90 Å². The molecule has 1 aliphatic rings. The van der Waals surface area contributed by atoms with Gasteiger partial charge in [-0.15, -0.1) is 0 Å². The van der Waals surface area contributed by atoms with Crippen LogP contribution in [0, 0.1) is 0 Å². The Morgan fingerprint density at radius 3 is 2.73 bits per heavy atom. The summed E-state index contributed by atoms with van der Waals surface area (Å²) in [5, 5.41) is 10.4.